The van der Waals surface area contributed by atoms with Gasteiger partial charge in [-0.25, -0.2) is 8.42 Å². The molecule has 33 heavy (non-hydrogen) atoms. The monoisotopic (exact) mass is 534 g/mol. The largest absolute Gasteiger partial charge is 0.493 e. The van der Waals surface area contributed by atoms with Crippen LogP contribution in [-0.4, -0.2) is 39.0 Å². The van der Waals surface area contributed by atoms with Crippen molar-refractivity contribution < 1.29 is 17.9 Å². The van der Waals surface area contributed by atoms with E-state index in [-0.39, 0.29) is 28.8 Å². The van der Waals surface area contributed by atoms with Crippen LogP contribution in [0.1, 0.15) is 45.7 Å². The lowest BCUT2D eigenvalue weighted by atomic mass is 9.78. The molecule has 0 aromatic heterocycles. The minimum atomic E-state index is -3.02. The molecule has 0 heterocycles. The van der Waals surface area contributed by atoms with Crippen molar-refractivity contribution in [1.29, 1.82) is 0 Å². The number of alkyl halides is 1. The summed E-state index contributed by atoms with van der Waals surface area (Å²) in [5, 5.41) is 0.923. The summed E-state index contributed by atoms with van der Waals surface area (Å²) in [5.41, 5.74) is 1.66. The van der Waals surface area contributed by atoms with Crippen LogP contribution in [0.4, 0.5) is 0 Å². The van der Waals surface area contributed by atoms with Gasteiger partial charge in [0.1, 0.15) is 15.6 Å². The fraction of sp³-hybridized carbons (Fsp3) is 0.520. The predicted molar refractivity (Wildman–Crippen MR) is 139 cm³/mol. The number of ether oxygens (including phenoxy) is 2. The van der Waals surface area contributed by atoms with Gasteiger partial charge in [0.05, 0.1) is 29.0 Å². The van der Waals surface area contributed by atoms with Crippen LogP contribution in [0.5, 0.6) is 11.5 Å². The molecule has 2 rings (SSSR count). The van der Waals surface area contributed by atoms with Gasteiger partial charge in [0, 0.05) is 28.9 Å². The van der Waals surface area contributed by atoms with Gasteiger partial charge in [0.25, 0.3) is 0 Å². The SMILES string of the molecule is CCS(=O)(=O)C[C@H](C)COc1ccc(C(C)(C)c2cc(Cl)c(OC[C@H](C)CCl)c(Cl)c2)cc1. The Labute approximate surface area is 213 Å². The van der Waals surface area contributed by atoms with E-state index in [1.165, 1.54) is 0 Å². The first-order valence-corrected chi connectivity index (χ1v) is 14.1. The van der Waals surface area contributed by atoms with Gasteiger partial charge in [-0.05, 0) is 35.4 Å². The Morgan fingerprint density at radius 1 is 0.909 bits per heavy atom. The van der Waals surface area contributed by atoms with E-state index in [4.69, 9.17) is 44.3 Å². The zero-order valence-electron chi connectivity index (χ0n) is 19.8. The molecule has 8 heteroatoms. The quantitative estimate of drug-likeness (QED) is 0.274. The standard InChI is InChI=1S/C25H33Cl3O4S/c1-6-33(29,30)16-18(3)15-31-21-9-7-19(8-10-21)25(4,5)20-11-22(27)24(23(28)12-20)32-14-17(2)13-26/h7-12,17-18H,6,13-16H2,1-5H3/t17-,18-/m1/s1. The summed E-state index contributed by atoms with van der Waals surface area (Å²) in [6.45, 7) is 10.5. The van der Waals surface area contributed by atoms with Crippen molar-refractivity contribution in [3.63, 3.8) is 0 Å². The summed E-state index contributed by atoms with van der Waals surface area (Å²) >= 11 is 18.9. The summed E-state index contributed by atoms with van der Waals surface area (Å²) in [6, 6.07) is 11.6. The van der Waals surface area contributed by atoms with Gasteiger partial charge in [0.2, 0.25) is 0 Å². The molecule has 0 fully saturated rings. The summed E-state index contributed by atoms with van der Waals surface area (Å²) in [4.78, 5) is 0. The molecular formula is C25H33Cl3O4S. The maximum Gasteiger partial charge on any atom is 0.156 e. The Bertz CT molecular complexity index is 997. The Kier molecular flexibility index (Phi) is 10.2. The van der Waals surface area contributed by atoms with Gasteiger partial charge in [-0.3, -0.25) is 0 Å². The lowest BCUT2D eigenvalue weighted by Gasteiger charge is -2.27. The molecule has 0 radical (unpaired) electrons. The molecule has 2 aromatic carbocycles. The number of hydrogen-bond donors (Lipinski definition) is 0. The third-order valence-electron chi connectivity index (χ3n) is 5.58. The third kappa shape index (κ3) is 7.95. The van der Waals surface area contributed by atoms with Crippen molar-refractivity contribution in [2.75, 3.05) is 30.6 Å². The van der Waals surface area contributed by atoms with Crippen LogP contribution in [0.2, 0.25) is 10.0 Å². The van der Waals surface area contributed by atoms with Gasteiger partial charge in [0.15, 0.2) is 5.75 Å². The highest BCUT2D eigenvalue weighted by Gasteiger charge is 2.26. The first-order valence-electron chi connectivity index (χ1n) is 11.0. The van der Waals surface area contributed by atoms with E-state index in [9.17, 15) is 8.42 Å². The molecule has 184 valence electrons. The van der Waals surface area contributed by atoms with E-state index in [0.29, 0.717) is 40.6 Å². The number of sulfone groups is 1. The first-order chi connectivity index (χ1) is 15.4. The Balaban J connectivity index is 2.12. The molecular weight excluding hydrogens is 503 g/mol. The number of benzene rings is 2. The normalized spacial score (nSPS) is 14.1. The van der Waals surface area contributed by atoms with E-state index < -0.39 is 9.84 Å². The molecule has 0 aliphatic rings. The molecule has 0 unspecified atom stereocenters. The molecule has 0 aliphatic carbocycles. The van der Waals surface area contributed by atoms with Crippen LogP contribution in [0, 0.1) is 11.8 Å². The molecule has 0 aliphatic heterocycles. The van der Waals surface area contributed by atoms with Crippen LogP contribution < -0.4 is 9.47 Å². The van der Waals surface area contributed by atoms with Crippen molar-refractivity contribution in [2.45, 2.75) is 40.0 Å². The molecule has 4 nitrogen and oxygen atoms in total. The van der Waals surface area contributed by atoms with Crippen molar-refractivity contribution in [3.05, 3.63) is 57.6 Å². The number of rotatable bonds is 12. The lowest BCUT2D eigenvalue weighted by Crippen LogP contribution is -2.21. The second-order valence-corrected chi connectivity index (χ2v) is 12.6. The molecule has 0 amide bonds. The fourth-order valence-corrected chi connectivity index (χ4v) is 5.19. The second-order valence-electron chi connectivity index (χ2n) is 9.10. The van der Waals surface area contributed by atoms with Gasteiger partial charge >= 0.3 is 0 Å². The minimum absolute atomic E-state index is 0.0801. The molecule has 0 saturated carbocycles. The predicted octanol–water partition coefficient (Wildman–Crippen LogP) is 7.02. The zero-order chi connectivity index (χ0) is 24.8. The minimum Gasteiger partial charge on any atom is -0.493 e. The molecule has 2 atom stereocenters. The smallest absolute Gasteiger partial charge is 0.156 e. The van der Waals surface area contributed by atoms with Crippen molar-refractivity contribution in [2.24, 2.45) is 11.8 Å². The van der Waals surface area contributed by atoms with Crippen molar-refractivity contribution in [3.8, 4) is 11.5 Å². The molecule has 0 bridgehead atoms. The summed E-state index contributed by atoms with van der Waals surface area (Å²) in [7, 11) is -3.02. The summed E-state index contributed by atoms with van der Waals surface area (Å²) in [5.74, 6) is 2.05. The highest BCUT2D eigenvalue weighted by Crippen LogP contribution is 2.40. The maximum atomic E-state index is 11.8. The molecule has 2 aromatic rings. The summed E-state index contributed by atoms with van der Waals surface area (Å²) < 4.78 is 35.1. The van der Waals surface area contributed by atoms with E-state index in [1.54, 1.807) is 6.92 Å². The Morgan fingerprint density at radius 3 is 1.97 bits per heavy atom. The Hall–Kier alpha value is -1.14. The lowest BCUT2D eigenvalue weighted by molar-refractivity contribution is 0.271. The zero-order valence-corrected chi connectivity index (χ0v) is 22.9. The number of halogens is 3. The van der Waals surface area contributed by atoms with Crippen LogP contribution in [0.25, 0.3) is 0 Å². The maximum absolute atomic E-state index is 11.8. The third-order valence-corrected chi connectivity index (χ3v) is 8.63. The first kappa shape index (κ1) is 28.1. The van der Waals surface area contributed by atoms with Crippen molar-refractivity contribution in [1.82, 2.24) is 0 Å². The van der Waals surface area contributed by atoms with Gasteiger partial charge in [-0.15, -0.1) is 11.6 Å². The average Bonchev–Trinajstić information content (AvgIpc) is 2.76. The van der Waals surface area contributed by atoms with Gasteiger partial charge in [-0.2, -0.15) is 0 Å². The van der Waals surface area contributed by atoms with Crippen LogP contribution in [0.3, 0.4) is 0 Å². The van der Waals surface area contributed by atoms with E-state index in [0.717, 1.165) is 11.1 Å². The topological polar surface area (TPSA) is 52.6 Å². The van der Waals surface area contributed by atoms with Gasteiger partial charge in [-0.1, -0.05) is 70.0 Å². The van der Waals surface area contributed by atoms with E-state index in [2.05, 4.69) is 13.8 Å². The fourth-order valence-electron chi connectivity index (χ4n) is 3.30. The van der Waals surface area contributed by atoms with Crippen LogP contribution in [-0.2, 0) is 15.3 Å². The van der Waals surface area contributed by atoms with E-state index in [1.807, 2.05) is 50.2 Å². The molecule has 0 saturated heterocycles. The summed E-state index contributed by atoms with van der Waals surface area (Å²) in [6.07, 6.45) is 0. The highest BCUT2D eigenvalue weighted by atomic mass is 35.5. The molecule has 0 spiro atoms. The van der Waals surface area contributed by atoms with Gasteiger partial charge < -0.3 is 9.47 Å². The molecule has 0 N–H and O–H groups in total. The second kappa shape index (κ2) is 12.0. The van der Waals surface area contributed by atoms with E-state index >= 15 is 0 Å². The average molecular weight is 536 g/mol. The Morgan fingerprint density at radius 2 is 1.45 bits per heavy atom. The number of hydrogen-bond acceptors (Lipinski definition) is 4. The van der Waals surface area contributed by atoms with Crippen LogP contribution >= 0.6 is 34.8 Å². The van der Waals surface area contributed by atoms with Crippen molar-refractivity contribution >= 4 is 44.6 Å². The van der Waals surface area contributed by atoms with Crippen LogP contribution in [0.15, 0.2) is 36.4 Å². The highest BCUT2D eigenvalue weighted by molar-refractivity contribution is 7.91.